The van der Waals surface area contributed by atoms with Crippen LogP contribution in [0.4, 0.5) is 4.39 Å². The maximum absolute atomic E-state index is 14.2. The SMILES string of the molecule is COc1ccc(F)c(CN2CCCC(CCC(=O)N(C)CCc3ccccn3)C2)c1. The summed E-state index contributed by atoms with van der Waals surface area (Å²) in [5, 5.41) is 0. The number of benzene rings is 1. The van der Waals surface area contributed by atoms with E-state index in [1.165, 1.54) is 6.07 Å². The Morgan fingerprint density at radius 3 is 2.97 bits per heavy atom. The number of rotatable bonds is 9. The molecule has 3 rings (SSSR count). The van der Waals surface area contributed by atoms with E-state index in [4.69, 9.17) is 4.74 Å². The molecule has 0 N–H and O–H groups in total. The summed E-state index contributed by atoms with van der Waals surface area (Å²) in [6.45, 7) is 3.13. The number of likely N-dealkylation sites (N-methyl/N-ethyl adjacent to an activating group) is 1. The fourth-order valence-corrected chi connectivity index (χ4v) is 4.04. The van der Waals surface area contributed by atoms with Crippen LogP contribution in [-0.2, 0) is 17.8 Å². The van der Waals surface area contributed by atoms with Gasteiger partial charge >= 0.3 is 0 Å². The van der Waals surface area contributed by atoms with Crippen LogP contribution in [0, 0.1) is 11.7 Å². The lowest BCUT2D eigenvalue weighted by molar-refractivity contribution is -0.130. The van der Waals surface area contributed by atoms with E-state index in [1.54, 1.807) is 30.3 Å². The Morgan fingerprint density at radius 1 is 1.33 bits per heavy atom. The first-order chi connectivity index (χ1) is 14.5. The number of aromatic nitrogens is 1. The van der Waals surface area contributed by atoms with E-state index in [1.807, 2.05) is 25.2 Å². The number of halogens is 1. The Hall–Kier alpha value is -2.47. The van der Waals surface area contributed by atoms with Crippen LogP contribution in [0.5, 0.6) is 5.75 Å². The fraction of sp³-hybridized carbons (Fsp3) is 0.500. The van der Waals surface area contributed by atoms with Gasteiger partial charge in [-0.05, 0) is 62.1 Å². The van der Waals surface area contributed by atoms with Gasteiger partial charge in [-0.25, -0.2) is 4.39 Å². The number of pyridine rings is 1. The zero-order chi connectivity index (χ0) is 21.3. The molecule has 1 amide bonds. The van der Waals surface area contributed by atoms with Crippen molar-refractivity contribution in [2.24, 2.45) is 5.92 Å². The van der Waals surface area contributed by atoms with Gasteiger partial charge < -0.3 is 9.64 Å². The Labute approximate surface area is 178 Å². The van der Waals surface area contributed by atoms with E-state index in [-0.39, 0.29) is 11.7 Å². The molecule has 0 bridgehead atoms. The van der Waals surface area contributed by atoms with Crippen LogP contribution in [-0.4, -0.2) is 54.5 Å². The van der Waals surface area contributed by atoms with E-state index < -0.39 is 0 Å². The van der Waals surface area contributed by atoms with E-state index in [9.17, 15) is 9.18 Å². The summed E-state index contributed by atoms with van der Waals surface area (Å²) in [6, 6.07) is 10.7. The van der Waals surface area contributed by atoms with Gasteiger partial charge in [-0.3, -0.25) is 14.7 Å². The highest BCUT2D eigenvalue weighted by Gasteiger charge is 2.22. The molecule has 1 atom stereocenters. The topological polar surface area (TPSA) is 45.7 Å². The lowest BCUT2D eigenvalue weighted by Gasteiger charge is -2.33. The van der Waals surface area contributed by atoms with Crippen LogP contribution in [0.25, 0.3) is 0 Å². The number of ether oxygens (including phenoxy) is 1. The molecule has 1 aromatic heterocycles. The molecule has 1 aromatic carbocycles. The average molecular weight is 414 g/mol. The molecule has 5 nitrogen and oxygen atoms in total. The maximum atomic E-state index is 14.2. The lowest BCUT2D eigenvalue weighted by Crippen LogP contribution is -2.36. The fourth-order valence-electron chi connectivity index (χ4n) is 4.04. The average Bonchev–Trinajstić information content (AvgIpc) is 2.78. The smallest absolute Gasteiger partial charge is 0.222 e. The summed E-state index contributed by atoms with van der Waals surface area (Å²) in [6.07, 6.45) is 6.20. The summed E-state index contributed by atoms with van der Waals surface area (Å²) in [5.74, 6) is 1.14. The second kappa shape index (κ2) is 11.1. The van der Waals surface area contributed by atoms with Gasteiger partial charge in [-0.2, -0.15) is 0 Å². The number of nitrogens with zero attached hydrogens (tertiary/aromatic N) is 3. The van der Waals surface area contributed by atoms with Gasteiger partial charge in [-0.1, -0.05) is 6.07 Å². The third-order valence-electron chi connectivity index (χ3n) is 5.87. The van der Waals surface area contributed by atoms with Gasteiger partial charge in [0.15, 0.2) is 0 Å². The molecular weight excluding hydrogens is 381 g/mol. The van der Waals surface area contributed by atoms with Crippen molar-refractivity contribution in [1.29, 1.82) is 0 Å². The van der Waals surface area contributed by atoms with Crippen LogP contribution in [0.1, 0.15) is 36.9 Å². The molecule has 30 heavy (non-hydrogen) atoms. The van der Waals surface area contributed by atoms with Crippen molar-refractivity contribution in [2.45, 2.75) is 38.6 Å². The van der Waals surface area contributed by atoms with Gasteiger partial charge in [0, 0.05) is 57.0 Å². The molecule has 1 aliphatic rings. The standard InChI is InChI=1S/C24H32FN3O2/c1-27(15-12-21-7-3-4-13-26-21)24(29)11-8-19-6-5-14-28(17-19)18-20-16-22(30-2)9-10-23(20)25/h3-4,7,9-10,13,16,19H,5-6,8,11-12,14-15,17-18H2,1-2H3. The minimum absolute atomic E-state index is 0.182. The number of likely N-dealkylation sites (tertiary alicyclic amines) is 1. The van der Waals surface area contributed by atoms with E-state index in [0.717, 1.165) is 44.5 Å². The van der Waals surface area contributed by atoms with Gasteiger partial charge in [-0.15, -0.1) is 0 Å². The van der Waals surface area contributed by atoms with Crippen molar-refractivity contribution in [3.05, 3.63) is 59.7 Å². The summed E-state index contributed by atoms with van der Waals surface area (Å²) in [4.78, 5) is 20.9. The number of carbonyl (C=O) groups is 1. The minimum Gasteiger partial charge on any atom is -0.497 e. The predicted octanol–water partition coefficient (Wildman–Crippen LogP) is 3.92. The zero-order valence-electron chi connectivity index (χ0n) is 18.0. The van der Waals surface area contributed by atoms with Crippen molar-refractivity contribution < 1.29 is 13.9 Å². The molecule has 162 valence electrons. The van der Waals surface area contributed by atoms with E-state index in [2.05, 4.69) is 9.88 Å². The molecule has 0 spiro atoms. The summed E-state index contributed by atoms with van der Waals surface area (Å²) < 4.78 is 19.4. The predicted molar refractivity (Wildman–Crippen MR) is 116 cm³/mol. The molecule has 0 radical (unpaired) electrons. The molecule has 1 saturated heterocycles. The molecule has 1 aliphatic heterocycles. The van der Waals surface area contributed by atoms with Crippen molar-refractivity contribution in [2.75, 3.05) is 33.8 Å². The molecule has 1 fully saturated rings. The van der Waals surface area contributed by atoms with Gasteiger partial charge in [0.1, 0.15) is 11.6 Å². The second-order valence-corrected chi connectivity index (χ2v) is 8.13. The molecule has 6 heteroatoms. The van der Waals surface area contributed by atoms with Crippen molar-refractivity contribution in [3.63, 3.8) is 0 Å². The monoisotopic (exact) mass is 413 g/mol. The van der Waals surface area contributed by atoms with Crippen LogP contribution in [0.3, 0.4) is 0 Å². The Balaban J connectivity index is 1.43. The van der Waals surface area contributed by atoms with Crippen LogP contribution in [0.15, 0.2) is 42.6 Å². The summed E-state index contributed by atoms with van der Waals surface area (Å²) in [5.41, 5.74) is 1.67. The molecule has 0 saturated carbocycles. The van der Waals surface area contributed by atoms with Gasteiger partial charge in [0.05, 0.1) is 7.11 Å². The van der Waals surface area contributed by atoms with Crippen molar-refractivity contribution >= 4 is 5.91 Å². The number of hydrogen-bond donors (Lipinski definition) is 0. The highest BCUT2D eigenvalue weighted by atomic mass is 19.1. The minimum atomic E-state index is -0.192. The first-order valence-electron chi connectivity index (χ1n) is 10.7. The molecule has 1 unspecified atom stereocenters. The van der Waals surface area contributed by atoms with Gasteiger partial charge in [0.2, 0.25) is 5.91 Å². The summed E-state index contributed by atoms with van der Waals surface area (Å²) in [7, 11) is 3.46. The molecular formula is C24H32FN3O2. The number of carbonyl (C=O) groups excluding carboxylic acids is 1. The molecule has 2 heterocycles. The highest BCUT2D eigenvalue weighted by molar-refractivity contribution is 5.75. The second-order valence-electron chi connectivity index (χ2n) is 8.13. The van der Waals surface area contributed by atoms with Crippen molar-refractivity contribution in [1.82, 2.24) is 14.8 Å². The normalized spacial score (nSPS) is 17.0. The number of methoxy groups -OCH3 is 1. The third kappa shape index (κ3) is 6.52. The Kier molecular flexibility index (Phi) is 8.20. The first kappa shape index (κ1) is 22.2. The summed E-state index contributed by atoms with van der Waals surface area (Å²) >= 11 is 0. The van der Waals surface area contributed by atoms with E-state index >= 15 is 0 Å². The van der Waals surface area contributed by atoms with E-state index in [0.29, 0.717) is 36.7 Å². The number of piperidine rings is 1. The lowest BCUT2D eigenvalue weighted by atomic mass is 9.92. The molecule has 0 aliphatic carbocycles. The highest BCUT2D eigenvalue weighted by Crippen LogP contribution is 2.25. The van der Waals surface area contributed by atoms with Gasteiger partial charge in [0.25, 0.3) is 0 Å². The Morgan fingerprint density at radius 2 is 2.20 bits per heavy atom. The largest absolute Gasteiger partial charge is 0.497 e. The van der Waals surface area contributed by atoms with Crippen molar-refractivity contribution in [3.8, 4) is 5.75 Å². The molecule has 2 aromatic rings. The Bertz CT molecular complexity index is 815. The third-order valence-corrected chi connectivity index (χ3v) is 5.87. The number of hydrogen-bond acceptors (Lipinski definition) is 4. The maximum Gasteiger partial charge on any atom is 0.222 e. The number of amides is 1. The quantitative estimate of drug-likeness (QED) is 0.625. The first-order valence-corrected chi connectivity index (χ1v) is 10.7. The van der Waals surface area contributed by atoms with Crippen LogP contribution >= 0.6 is 0 Å². The van der Waals surface area contributed by atoms with Crippen LogP contribution < -0.4 is 4.74 Å². The van der Waals surface area contributed by atoms with Crippen LogP contribution in [0.2, 0.25) is 0 Å². The zero-order valence-corrected chi connectivity index (χ0v) is 18.0.